The van der Waals surface area contributed by atoms with E-state index in [0.717, 1.165) is 6.08 Å². The van der Waals surface area contributed by atoms with E-state index in [0.29, 0.717) is 11.3 Å². The molecule has 0 aliphatic rings. The predicted octanol–water partition coefficient (Wildman–Crippen LogP) is 2.59. The van der Waals surface area contributed by atoms with Crippen molar-refractivity contribution in [3.63, 3.8) is 0 Å². The molecule has 7 heteroatoms. The Hall–Kier alpha value is -3.48. The van der Waals surface area contributed by atoms with E-state index in [1.54, 1.807) is 12.1 Å². The van der Waals surface area contributed by atoms with Gasteiger partial charge in [0.25, 0.3) is 0 Å². The number of rotatable bonds is 4. The van der Waals surface area contributed by atoms with Gasteiger partial charge in [-0.15, -0.1) is 0 Å². The summed E-state index contributed by atoms with van der Waals surface area (Å²) in [5.74, 6) is -1.58. The molecule has 0 saturated carbocycles. The average molecular weight is 332 g/mol. The Kier molecular flexibility index (Phi) is 6.84. The molecule has 0 saturated heterocycles. The minimum absolute atomic E-state index is 0.0278. The number of carboxylic acids is 2. The number of carbonyl (C=O) groups is 2. The lowest BCUT2D eigenvalue weighted by Crippen LogP contribution is -1.93. The Morgan fingerprint density at radius 2 is 1.62 bits per heavy atom. The lowest BCUT2D eigenvalue weighted by atomic mass is 10.2. The summed E-state index contributed by atoms with van der Waals surface area (Å²) in [5, 5.41) is 34.8. The van der Waals surface area contributed by atoms with E-state index >= 15 is 0 Å². The number of hydrogen-bond acceptors (Lipinski definition) is 5. The van der Waals surface area contributed by atoms with Crippen molar-refractivity contribution >= 4 is 18.0 Å². The molecule has 0 fully saturated rings. The van der Waals surface area contributed by atoms with E-state index in [9.17, 15) is 14.7 Å². The van der Waals surface area contributed by atoms with Crippen LogP contribution in [0.3, 0.4) is 0 Å². The molecule has 0 bridgehead atoms. The van der Waals surface area contributed by atoms with Crippen LogP contribution in [0.2, 0.25) is 0 Å². The monoisotopic (exact) mass is 332 g/mol. The molecule has 126 valence electrons. The van der Waals surface area contributed by atoms with Crippen LogP contribution in [-0.2, 0) is 4.79 Å². The maximum atomic E-state index is 10.2. The molecule has 0 aliphatic carbocycles. The summed E-state index contributed by atoms with van der Waals surface area (Å²) < 4.78 is 4.86. The third-order valence-corrected chi connectivity index (χ3v) is 2.74. The number of aliphatic carboxylic acids is 1. The molecule has 2 rings (SSSR count). The summed E-state index contributed by atoms with van der Waals surface area (Å²) >= 11 is 0. The molecule has 2 aromatic carbocycles. The van der Waals surface area contributed by atoms with Crippen molar-refractivity contribution in [2.24, 2.45) is 0 Å². The van der Waals surface area contributed by atoms with Gasteiger partial charge in [-0.1, -0.05) is 6.07 Å². The average Bonchev–Trinajstić information content (AvgIpc) is 2.55. The van der Waals surface area contributed by atoms with Crippen LogP contribution in [0.25, 0.3) is 6.08 Å². The van der Waals surface area contributed by atoms with Crippen molar-refractivity contribution in [1.29, 1.82) is 0 Å². The molecule has 0 unspecified atom stereocenters. The van der Waals surface area contributed by atoms with Crippen molar-refractivity contribution in [3.8, 4) is 17.2 Å². The van der Waals surface area contributed by atoms with E-state index in [1.165, 1.54) is 43.5 Å². The second kappa shape index (κ2) is 8.84. The van der Waals surface area contributed by atoms with Gasteiger partial charge in [0.15, 0.2) is 11.5 Å². The Labute approximate surface area is 137 Å². The smallest absolute Gasteiger partial charge is 0.335 e. The lowest BCUT2D eigenvalue weighted by Gasteiger charge is -2.03. The van der Waals surface area contributed by atoms with E-state index in [2.05, 4.69) is 0 Å². The quantitative estimate of drug-likeness (QED) is 0.634. The summed E-state index contributed by atoms with van der Waals surface area (Å²) in [7, 11) is 1.43. The van der Waals surface area contributed by atoms with Gasteiger partial charge in [-0.2, -0.15) is 0 Å². The Balaban J connectivity index is 0.000000254. The summed E-state index contributed by atoms with van der Waals surface area (Å²) in [6.45, 7) is 0. The zero-order valence-corrected chi connectivity index (χ0v) is 12.7. The first kappa shape index (κ1) is 18.6. The van der Waals surface area contributed by atoms with Gasteiger partial charge >= 0.3 is 11.9 Å². The molecule has 0 aliphatic heterocycles. The first-order valence-electron chi connectivity index (χ1n) is 6.64. The Bertz CT molecular complexity index is 733. The lowest BCUT2D eigenvalue weighted by molar-refractivity contribution is -0.131. The molecular weight excluding hydrogens is 316 g/mol. The minimum Gasteiger partial charge on any atom is -0.508 e. The summed E-state index contributed by atoms with van der Waals surface area (Å²) in [6.07, 6.45) is 2.44. The first-order valence-corrected chi connectivity index (χ1v) is 6.64. The second-order valence-electron chi connectivity index (χ2n) is 4.45. The second-order valence-corrected chi connectivity index (χ2v) is 4.45. The van der Waals surface area contributed by atoms with Crippen LogP contribution in [-0.4, -0.2) is 39.5 Å². The number of carboxylic acid groups (broad SMARTS) is 2. The third kappa shape index (κ3) is 6.10. The predicted molar refractivity (Wildman–Crippen MR) is 86.4 cm³/mol. The van der Waals surface area contributed by atoms with Crippen molar-refractivity contribution in [2.75, 3.05) is 7.11 Å². The molecule has 0 aromatic heterocycles. The number of phenols is 2. The molecule has 0 spiro atoms. The van der Waals surface area contributed by atoms with Crippen molar-refractivity contribution in [3.05, 3.63) is 59.7 Å². The van der Waals surface area contributed by atoms with Crippen molar-refractivity contribution in [2.45, 2.75) is 0 Å². The molecule has 2 aromatic rings. The number of methoxy groups -OCH3 is 1. The van der Waals surface area contributed by atoms with Gasteiger partial charge in [0, 0.05) is 6.08 Å². The van der Waals surface area contributed by atoms with Crippen molar-refractivity contribution in [1.82, 2.24) is 0 Å². The molecule has 0 atom stereocenters. The van der Waals surface area contributed by atoms with Gasteiger partial charge in [-0.3, -0.25) is 0 Å². The molecular formula is C17H16O7. The van der Waals surface area contributed by atoms with Crippen LogP contribution in [0.5, 0.6) is 17.2 Å². The van der Waals surface area contributed by atoms with Gasteiger partial charge in [0.2, 0.25) is 0 Å². The zero-order chi connectivity index (χ0) is 18.1. The fraction of sp³-hybridized carbons (Fsp3) is 0.0588. The van der Waals surface area contributed by atoms with Crippen LogP contribution < -0.4 is 4.74 Å². The molecule has 7 nitrogen and oxygen atoms in total. The Morgan fingerprint density at radius 1 is 1.00 bits per heavy atom. The normalized spacial score (nSPS) is 9.88. The van der Waals surface area contributed by atoms with Crippen LogP contribution in [0.15, 0.2) is 48.5 Å². The highest BCUT2D eigenvalue weighted by Gasteiger charge is 2.00. The van der Waals surface area contributed by atoms with Gasteiger partial charge in [0.05, 0.1) is 12.7 Å². The fourth-order valence-corrected chi connectivity index (χ4v) is 1.57. The fourth-order valence-electron chi connectivity index (χ4n) is 1.57. The zero-order valence-electron chi connectivity index (χ0n) is 12.7. The van der Waals surface area contributed by atoms with Gasteiger partial charge in [-0.05, 0) is 48.0 Å². The van der Waals surface area contributed by atoms with E-state index < -0.39 is 11.9 Å². The third-order valence-electron chi connectivity index (χ3n) is 2.74. The highest BCUT2D eigenvalue weighted by molar-refractivity contribution is 5.87. The van der Waals surface area contributed by atoms with Crippen LogP contribution in [0.4, 0.5) is 0 Å². The molecule has 24 heavy (non-hydrogen) atoms. The Morgan fingerprint density at radius 3 is 2.12 bits per heavy atom. The van der Waals surface area contributed by atoms with Crippen LogP contribution >= 0.6 is 0 Å². The van der Waals surface area contributed by atoms with Gasteiger partial charge < -0.3 is 25.2 Å². The molecule has 4 N–H and O–H groups in total. The molecule has 0 amide bonds. The highest BCUT2D eigenvalue weighted by atomic mass is 16.5. The van der Waals surface area contributed by atoms with E-state index in [4.69, 9.17) is 20.1 Å². The topological polar surface area (TPSA) is 124 Å². The molecule has 0 radical (unpaired) electrons. The standard InChI is InChI=1S/C10H10O4.C7H6O3/c1-14-9-6-7(2-4-8(9)11)3-5-10(12)13;8-6-3-1-5(2-4-6)7(9)10/h2-6,11H,1H3,(H,12,13);1-4,8H,(H,9,10)/b5-3+;. The van der Waals surface area contributed by atoms with Crippen LogP contribution in [0, 0.1) is 0 Å². The van der Waals surface area contributed by atoms with Gasteiger partial charge in [-0.25, -0.2) is 9.59 Å². The number of ether oxygens (including phenoxy) is 1. The van der Waals surface area contributed by atoms with E-state index in [-0.39, 0.29) is 17.1 Å². The largest absolute Gasteiger partial charge is 0.508 e. The summed E-state index contributed by atoms with van der Waals surface area (Å²) in [4.78, 5) is 20.5. The van der Waals surface area contributed by atoms with Crippen molar-refractivity contribution < 1.29 is 34.8 Å². The number of phenolic OH excluding ortho intramolecular Hbond substituents is 2. The summed E-state index contributed by atoms with van der Waals surface area (Å²) in [6, 6.07) is 9.95. The number of benzene rings is 2. The maximum Gasteiger partial charge on any atom is 0.335 e. The van der Waals surface area contributed by atoms with E-state index in [1.807, 2.05) is 0 Å². The minimum atomic E-state index is -1.02. The van der Waals surface area contributed by atoms with Crippen LogP contribution in [0.1, 0.15) is 15.9 Å². The number of aromatic carboxylic acids is 1. The highest BCUT2D eigenvalue weighted by Crippen LogP contribution is 2.26. The van der Waals surface area contributed by atoms with Gasteiger partial charge in [0.1, 0.15) is 5.75 Å². The number of hydrogen-bond donors (Lipinski definition) is 4. The summed E-state index contributed by atoms with van der Waals surface area (Å²) in [5.41, 5.74) is 0.833. The SMILES string of the molecule is COc1cc(/C=C/C(=O)O)ccc1O.O=C(O)c1ccc(O)cc1. The first-order chi connectivity index (χ1) is 11.3. The maximum absolute atomic E-state index is 10.2. The number of aromatic hydroxyl groups is 2. The molecule has 0 heterocycles.